The second-order valence-corrected chi connectivity index (χ2v) is 12.0. The van der Waals surface area contributed by atoms with Gasteiger partial charge in [-0.2, -0.15) is 0 Å². The molecule has 0 aromatic rings. The lowest BCUT2D eigenvalue weighted by Crippen LogP contribution is -2.44. The Balaban J connectivity index is 2.98. The molecule has 0 bridgehead atoms. The molecule has 1 aliphatic rings. The van der Waals surface area contributed by atoms with Gasteiger partial charge in [-0.15, -0.1) is 0 Å². The van der Waals surface area contributed by atoms with E-state index < -0.39 is 16.8 Å². The van der Waals surface area contributed by atoms with E-state index in [-0.39, 0.29) is 37.5 Å². The van der Waals surface area contributed by atoms with Gasteiger partial charge < -0.3 is 29.3 Å². The molecule has 0 fully saturated rings. The molecule has 0 unspecified atom stereocenters. The van der Waals surface area contributed by atoms with Crippen molar-refractivity contribution in [3.63, 3.8) is 0 Å². The minimum absolute atomic E-state index is 0.0482. The van der Waals surface area contributed by atoms with E-state index in [4.69, 9.17) is 14.2 Å². The molecule has 1 heterocycles. The quantitative estimate of drug-likeness (QED) is 0.420. The summed E-state index contributed by atoms with van der Waals surface area (Å²) in [5, 5.41) is 3.37. The Hall–Kier alpha value is -2.33. The van der Waals surface area contributed by atoms with Crippen LogP contribution in [0.15, 0.2) is 12.4 Å². The maximum atomic E-state index is 12.6. The zero-order valence-electron chi connectivity index (χ0n) is 23.8. The Bertz CT molecular complexity index is 749. The fourth-order valence-electron chi connectivity index (χ4n) is 3.36. The highest BCUT2D eigenvalue weighted by Gasteiger charge is 2.22. The van der Waals surface area contributed by atoms with Crippen LogP contribution in [0.3, 0.4) is 0 Å². The average Bonchev–Trinajstić information content (AvgIpc) is 2.63. The van der Waals surface area contributed by atoms with Gasteiger partial charge in [-0.3, -0.25) is 19.3 Å². The molecule has 36 heavy (non-hydrogen) atoms. The summed E-state index contributed by atoms with van der Waals surface area (Å²) < 4.78 is 16.5. The third-order valence-corrected chi connectivity index (χ3v) is 4.65. The van der Waals surface area contributed by atoms with Crippen LogP contribution in [0.2, 0.25) is 0 Å². The van der Waals surface area contributed by atoms with E-state index in [0.29, 0.717) is 39.3 Å². The fourth-order valence-corrected chi connectivity index (χ4v) is 3.36. The minimum atomic E-state index is -0.593. The lowest BCUT2D eigenvalue weighted by molar-refractivity contribution is -0.157. The van der Waals surface area contributed by atoms with Crippen LogP contribution in [-0.4, -0.2) is 108 Å². The van der Waals surface area contributed by atoms with Crippen molar-refractivity contribution in [2.75, 3.05) is 58.9 Å². The number of hydrogen-bond donors (Lipinski definition) is 1. The van der Waals surface area contributed by atoms with Gasteiger partial charge in [-0.1, -0.05) is 0 Å². The topological polar surface area (TPSA) is 101 Å². The van der Waals surface area contributed by atoms with Gasteiger partial charge in [0.25, 0.3) is 0 Å². The SMILES string of the molecule is CC(C)(C)OC(=O)CN1/C=C\N(CC(=O)OC(C)(C)C)CCN(CC(=O)OC(C)(C)C)CCNCC1. The van der Waals surface area contributed by atoms with Crippen LogP contribution < -0.4 is 5.32 Å². The van der Waals surface area contributed by atoms with Gasteiger partial charge >= 0.3 is 17.9 Å². The second-order valence-electron chi connectivity index (χ2n) is 12.0. The summed E-state index contributed by atoms with van der Waals surface area (Å²) in [6, 6.07) is 0. The maximum Gasteiger partial charge on any atom is 0.326 e. The van der Waals surface area contributed by atoms with Crippen molar-refractivity contribution in [3.8, 4) is 0 Å². The molecule has 1 rings (SSSR count). The van der Waals surface area contributed by atoms with Gasteiger partial charge in [0, 0.05) is 51.7 Å². The summed E-state index contributed by atoms with van der Waals surface area (Å²) in [5.41, 5.74) is -1.71. The second kappa shape index (κ2) is 13.8. The van der Waals surface area contributed by atoms with Crippen molar-refractivity contribution < 1.29 is 28.6 Å². The molecule has 0 atom stereocenters. The number of esters is 3. The summed E-state index contributed by atoms with van der Waals surface area (Å²) >= 11 is 0. The zero-order chi connectivity index (χ0) is 27.6. The summed E-state index contributed by atoms with van der Waals surface area (Å²) in [7, 11) is 0. The molecule has 0 amide bonds. The normalized spacial score (nSPS) is 18.0. The van der Waals surface area contributed by atoms with Crippen LogP contribution in [0.5, 0.6) is 0 Å². The molecule has 0 aromatic carbocycles. The van der Waals surface area contributed by atoms with Gasteiger partial charge in [0.2, 0.25) is 0 Å². The maximum absolute atomic E-state index is 12.6. The highest BCUT2D eigenvalue weighted by molar-refractivity contribution is 5.73. The first-order chi connectivity index (χ1) is 16.4. The molecule has 1 N–H and O–H groups in total. The lowest BCUT2D eigenvalue weighted by atomic mass is 10.2. The van der Waals surface area contributed by atoms with Crippen molar-refractivity contribution in [1.82, 2.24) is 20.0 Å². The minimum Gasteiger partial charge on any atom is -0.459 e. The van der Waals surface area contributed by atoms with Crippen LogP contribution in [0.25, 0.3) is 0 Å². The first-order valence-corrected chi connectivity index (χ1v) is 12.7. The van der Waals surface area contributed by atoms with Crippen molar-refractivity contribution in [2.24, 2.45) is 0 Å². The molecule has 0 aromatic heterocycles. The van der Waals surface area contributed by atoms with E-state index in [1.807, 2.05) is 77.0 Å². The number of rotatable bonds is 6. The largest absolute Gasteiger partial charge is 0.459 e. The van der Waals surface area contributed by atoms with Gasteiger partial charge in [0.1, 0.15) is 29.9 Å². The molecule has 0 spiro atoms. The number of nitrogens with zero attached hydrogens (tertiary/aromatic N) is 3. The molecule has 0 aliphatic carbocycles. The Morgan fingerprint density at radius 3 is 1.44 bits per heavy atom. The van der Waals surface area contributed by atoms with Crippen molar-refractivity contribution in [1.29, 1.82) is 0 Å². The van der Waals surface area contributed by atoms with Gasteiger partial charge in [0.05, 0.1) is 6.54 Å². The molecular formula is C26H48N4O6. The smallest absolute Gasteiger partial charge is 0.326 e. The van der Waals surface area contributed by atoms with E-state index in [9.17, 15) is 14.4 Å². The molecule has 0 saturated carbocycles. The van der Waals surface area contributed by atoms with Crippen LogP contribution >= 0.6 is 0 Å². The van der Waals surface area contributed by atoms with E-state index in [2.05, 4.69) is 5.32 Å². The average molecular weight is 513 g/mol. The fraction of sp³-hybridized carbons (Fsp3) is 0.808. The van der Waals surface area contributed by atoms with Crippen LogP contribution in [-0.2, 0) is 28.6 Å². The highest BCUT2D eigenvalue weighted by Crippen LogP contribution is 2.10. The van der Waals surface area contributed by atoms with E-state index in [1.165, 1.54) is 0 Å². The molecular weight excluding hydrogens is 464 g/mol. The summed E-state index contributed by atoms with van der Waals surface area (Å²) in [5.74, 6) is -0.952. The van der Waals surface area contributed by atoms with E-state index >= 15 is 0 Å². The predicted octanol–water partition coefficient (Wildman–Crippen LogP) is 1.99. The number of hydrogen-bond acceptors (Lipinski definition) is 10. The van der Waals surface area contributed by atoms with Crippen LogP contribution in [0.1, 0.15) is 62.3 Å². The number of ether oxygens (including phenoxy) is 3. The van der Waals surface area contributed by atoms with E-state index in [1.54, 1.807) is 12.4 Å². The molecule has 0 saturated heterocycles. The summed E-state index contributed by atoms with van der Waals surface area (Å²) in [6.45, 7) is 20.4. The van der Waals surface area contributed by atoms with Gasteiger partial charge in [-0.25, -0.2) is 0 Å². The predicted molar refractivity (Wildman–Crippen MR) is 139 cm³/mol. The zero-order valence-corrected chi connectivity index (χ0v) is 23.8. The van der Waals surface area contributed by atoms with Crippen molar-refractivity contribution >= 4 is 17.9 Å². The summed E-state index contributed by atoms with van der Waals surface area (Å²) in [4.78, 5) is 43.1. The Kier molecular flexibility index (Phi) is 12.2. The number of nitrogens with one attached hydrogen (secondary N) is 1. The Morgan fingerprint density at radius 1 is 0.611 bits per heavy atom. The molecule has 208 valence electrons. The number of carbonyl (C=O) groups excluding carboxylic acids is 3. The number of carbonyl (C=O) groups is 3. The Morgan fingerprint density at radius 2 is 1.00 bits per heavy atom. The molecule has 0 radical (unpaired) electrons. The van der Waals surface area contributed by atoms with E-state index in [0.717, 1.165) is 0 Å². The first-order valence-electron chi connectivity index (χ1n) is 12.7. The van der Waals surface area contributed by atoms with Crippen LogP contribution in [0, 0.1) is 0 Å². The van der Waals surface area contributed by atoms with Gasteiger partial charge in [0.15, 0.2) is 0 Å². The Labute approximate surface area is 217 Å². The van der Waals surface area contributed by atoms with Gasteiger partial charge in [-0.05, 0) is 62.3 Å². The van der Waals surface area contributed by atoms with Crippen molar-refractivity contribution in [3.05, 3.63) is 12.4 Å². The highest BCUT2D eigenvalue weighted by atomic mass is 16.6. The third-order valence-electron chi connectivity index (χ3n) is 4.65. The summed E-state index contributed by atoms with van der Waals surface area (Å²) in [6.07, 6.45) is 3.59. The third kappa shape index (κ3) is 16.4. The molecule has 10 heteroatoms. The van der Waals surface area contributed by atoms with Crippen LogP contribution in [0.4, 0.5) is 0 Å². The molecule has 10 nitrogen and oxygen atoms in total. The molecule has 1 aliphatic heterocycles. The van der Waals surface area contributed by atoms with Crippen molar-refractivity contribution in [2.45, 2.75) is 79.1 Å². The standard InChI is InChI=1S/C26H48N4O6/c1-24(2,3)34-21(31)18-28-12-10-27-11-13-29(19-22(32)35-25(4,5)6)15-17-30(16-14-28)20-23(33)36-26(7,8)9/h14,16,27H,10-13,15,17-20H2,1-9H3/b16-14-. The first kappa shape index (κ1) is 31.7. The lowest BCUT2D eigenvalue weighted by Gasteiger charge is -2.30. The monoisotopic (exact) mass is 512 g/mol.